The van der Waals surface area contributed by atoms with Gasteiger partial charge in [-0.2, -0.15) is 0 Å². The molecule has 2 aliphatic rings. The van der Waals surface area contributed by atoms with Crippen molar-refractivity contribution in [1.82, 2.24) is 0 Å². The number of fused-ring (bicyclic) bond motifs is 2. The second-order valence-electron chi connectivity index (χ2n) is 8.82. The second kappa shape index (κ2) is 5.72. The number of benzene rings is 2. The summed E-state index contributed by atoms with van der Waals surface area (Å²) in [6, 6.07) is 16.5. The third kappa shape index (κ3) is 2.37. The van der Waals surface area contributed by atoms with Crippen LogP contribution in [0.1, 0.15) is 38.8 Å². The number of allylic oxidation sites excluding steroid dienone is 1. The highest BCUT2D eigenvalue weighted by atomic mass is 16.1. The van der Waals surface area contributed by atoms with Crippen LogP contribution in [0.2, 0.25) is 0 Å². The topological polar surface area (TPSA) is 23.6 Å². The van der Waals surface area contributed by atoms with Crippen molar-refractivity contribution in [2.75, 3.05) is 23.9 Å². The second-order valence-corrected chi connectivity index (χ2v) is 8.82. The van der Waals surface area contributed by atoms with Crippen LogP contribution in [0.5, 0.6) is 0 Å². The number of anilines is 2. The van der Waals surface area contributed by atoms with Crippen LogP contribution in [0.3, 0.4) is 0 Å². The molecule has 140 valence electrons. The molecule has 0 fully saturated rings. The Morgan fingerprint density at radius 2 is 1.33 bits per heavy atom. The minimum Gasteiger partial charge on any atom is -0.361 e. The Balaban J connectivity index is 1.84. The summed E-state index contributed by atoms with van der Waals surface area (Å²) in [6.45, 7) is 8.58. The molecule has 0 N–H and O–H groups in total. The number of hydrogen-bond donors (Lipinski definition) is 0. The molecule has 0 unspecified atom stereocenters. The molecule has 0 aromatic heterocycles. The van der Waals surface area contributed by atoms with E-state index >= 15 is 0 Å². The third-order valence-corrected chi connectivity index (χ3v) is 6.52. The van der Waals surface area contributed by atoms with E-state index in [-0.39, 0.29) is 17.2 Å². The van der Waals surface area contributed by atoms with E-state index in [2.05, 4.69) is 73.2 Å². The molecule has 2 aromatic rings. The van der Waals surface area contributed by atoms with Crippen LogP contribution in [-0.4, -0.2) is 25.9 Å². The normalized spacial score (nSPS) is 24.1. The van der Waals surface area contributed by atoms with Crippen LogP contribution < -0.4 is 9.80 Å². The zero-order valence-corrected chi connectivity index (χ0v) is 17.1. The van der Waals surface area contributed by atoms with E-state index in [1.807, 2.05) is 33.0 Å². The summed E-state index contributed by atoms with van der Waals surface area (Å²) in [5, 5.41) is 0. The van der Waals surface area contributed by atoms with Gasteiger partial charge >= 0.3 is 0 Å². The number of carbonyl (C=O) groups is 1. The number of nitrogens with zero attached hydrogens (tertiary/aromatic N) is 2. The predicted molar refractivity (Wildman–Crippen MR) is 113 cm³/mol. The van der Waals surface area contributed by atoms with Crippen LogP contribution >= 0.6 is 0 Å². The highest BCUT2D eigenvalue weighted by Crippen LogP contribution is 2.48. The van der Waals surface area contributed by atoms with Gasteiger partial charge in [-0.1, -0.05) is 50.2 Å². The van der Waals surface area contributed by atoms with Crippen molar-refractivity contribution in [3.8, 4) is 0 Å². The minimum atomic E-state index is -0.501. The molecule has 2 aliphatic heterocycles. The Morgan fingerprint density at radius 3 is 1.93 bits per heavy atom. The Labute approximate surface area is 162 Å². The quantitative estimate of drug-likeness (QED) is 0.739. The maximum atomic E-state index is 13.5. The van der Waals surface area contributed by atoms with Gasteiger partial charge in [0.1, 0.15) is 6.04 Å². The van der Waals surface area contributed by atoms with E-state index in [0.29, 0.717) is 0 Å². The van der Waals surface area contributed by atoms with Gasteiger partial charge in [-0.25, -0.2) is 0 Å². The van der Waals surface area contributed by atoms with Crippen LogP contribution in [-0.2, 0) is 15.6 Å². The van der Waals surface area contributed by atoms with Gasteiger partial charge in [0.25, 0.3) is 0 Å². The number of rotatable bonds is 1. The fourth-order valence-electron chi connectivity index (χ4n) is 4.78. The molecule has 0 spiro atoms. The first-order valence-corrected chi connectivity index (χ1v) is 9.59. The van der Waals surface area contributed by atoms with E-state index in [0.717, 1.165) is 11.3 Å². The maximum absolute atomic E-state index is 13.5. The molecule has 0 amide bonds. The van der Waals surface area contributed by atoms with E-state index in [4.69, 9.17) is 0 Å². The summed E-state index contributed by atoms with van der Waals surface area (Å²) in [6.07, 6.45) is 2.18. The van der Waals surface area contributed by atoms with E-state index in [9.17, 15) is 4.79 Å². The van der Waals surface area contributed by atoms with Crippen molar-refractivity contribution < 1.29 is 4.79 Å². The lowest BCUT2D eigenvalue weighted by Gasteiger charge is -2.42. The average molecular weight is 361 g/mol. The first-order valence-electron chi connectivity index (χ1n) is 9.59. The smallest absolute Gasteiger partial charge is 0.169 e. The Hall–Kier alpha value is -2.55. The number of carbonyl (C=O) groups excluding carboxylic acids is 1. The molecule has 3 heteroatoms. The van der Waals surface area contributed by atoms with Gasteiger partial charge in [-0.05, 0) is 43.2 Å². The molecule has 0 radical (unpaired) electrons. The fourth-order valence-corrected chi connectivity index (χ4v) is 4.78. The van der Waals surface area contributed by atoms with Crippen molar-refractivity contribution in [3.05, 3.63) is 71.4 Å². The van der Waals surface area contributed by atoms with E-state index in [1.54, 1.807) is 0 Å². The zero-order chi connectivity index (χ0) is 19.6. The number of Topliss-reactive ketones (excluding diaryl/α,β-unsaturated/α-hetero) is 1. The summed E-state index contributed by atoms with van der Waals surface area (Å²) >= 11 is 0. The average Bonchev–Trinajstić information content (AvgIpc) is 2.84. The summed E-state index contributed by atoms with van der Waals surface area (Å²) in [4.78, 5) is 17.9. The van der Waals surface area contributed by atoms with Gasteiger partial charge in [0.2, 0.25) is 0 Å². The molecule has 2 aromatic carbocycles. The Bertz CT molecular complexity index is 954. The maximum Gasteiger partial charge on any atom is 0.169 e. The molecule has 0 bridgehead atoms. The van der Waals surface area contributed by atoms with Gasteiger partial charge in [-0.15, -0.1) is 0 Å². The summed E-state index contributed by atoms with van der Waals surface area (Å²) in [5.41, 5.74) is 5.33. The summed E-state index contributed by atoms with van der Waals surface area (Å²) in [5.74, 6) is 0.247. The van der Waals surface area contributed by atoms with Gasteiger partial charge < -0.3 is 9.80 Å². The first-order chi connectivity index (χ1) is 12.7. The van der Waals surface area contributed by atoms with Crippen molar-refractivity contribution in [3.63, 3.8) is 0 Å². The van der Waals surface area contributed by atoms with Gasteiger partial charge in [0.05, 0.1) is 5.41 Å². The zero-order valence-electron chi connectivity index (χ0n) is 17.1. The molecule has 0 saturated carbocycles. The van der Waals surface area contributed by atoms with Crippen LogP contribution in [0.15, 0.2) is 60.3 Å². The van der Waals surface area contributed by atoms with Gasteiger partial charge in [0, 0.05) is 36.6 Å². The third-order valence-electron chi connectivity index (χ3n) is 6.52. The van der Waals surface area contributed by atoms with Crippen molar-refractivity contribution in [2.24, 2.45) is 0 Å². The molecular formula is C24H28N2O. The Kier molecular flexibility index (Phi) is 3.78. The summed E-state index contributed by atoms with van der Waals surface area (Å²) in [7, 11) is 4.13. The number of ketones is 1. The van der Waals surface area contributed by atoms with E-state index in [1.165, 1.54) is 16.9 Å². The van der Waals surface area contributed by atoms with Crippen LogP contribution in [0.25, 0.3) is 0 Å². The van der Waals surface area contributed by atoms with E-state index < -0.39 is 5.41 Å². The fraction of sp³-hybridized carbons (Fsp3) is 0.375. The van der Waals surface area contributed by atoms with Gasteiger partial charge in [-0.3, -0.25) is 4.79 Å². The number of likely N-dealkylation sites (N-methyl/N-ethyl adjacent to an activating group) is 2. The van der Waals surface area contributed by atoms with Crippen molar-refractivity contribution in [2.45, 2.75) is 44.6 Å². The molecule has 0 aliphatic carbocycles. The van der Waals surface area contributed by atoms with Gasteiger partial charge in [0.15, 0.2) is 5.78 Å². The monoisotopic (exact) mass is 360 g/mol. The largest absolute Gasteiger partial charge is 0.361 e. The number of hydrogen-bond acceptors (Lipinski definition) is 3. The molecular weight excluding hydrogens is 332 g/mol. The molecule has 3 nitrogen and oxygen atoms in total. The van der Waals surface area contributed by atoms with Crippen molar-refractivity contribution >= 4 is 17.2 Å². The lowest BCUT2D eigenvalue weighted by molar-refractivity contribution is -0.124. The molecule has 1 atom stereocenters. The van der Waals surface area contributed by atoms with Crippen LogP contribution in [0.4, 0.5) is 11.4 Å². The molecule has 2 heterocycles. The van der Waals surface area contributed by atoms with Crippen LogP contribution in [0, 0.1) is 0 Å². The summed E-state index contributed by atoms with van der Waals surface area (Å²) < 4.78 is 0. The lowest BCUT2D eigenvalue weighted by atomic mass is 9.72. The SMILES string of the molecule is CN1/C(=C/[C@H]2C(=O)C(C)(C)c3ccccc3N2C)C(C)(C)c2ccccc21. The minimum absolute atomic E-state index is 0.131. The predicted octanol–water partition coefficient (Wildman–Crippen LogP) is 4.66. The highest BCUT2D eigenvalue weighted by Gasteiger charge is 2.45. The first kappa shape index (κ1) is 17.8. The molecule has 0 saturated heterocycles. The Morgan fingerprint density at radius 1 is 0.815 bits per heavy atom. The highest BCUT2D eigenvalue weighted by molar-refractivity contribution is 6.01. The standard InChI is InChI=1S/C24H28N2O/c1-23(2)16-11-7-10-14-19(16)26(6)21(23)15-20-22(27)24(3,4)17-12-8-9-13-18(17)25(20)5/h7-15,20H,1-6H3/b21-15+/t20-/m0/s1. The molecule has 27 heavy (non-hydrogen) atoms. The van der Waals surface area contributed by atoms with Crippen molar-refractivity contribution in [1.29, 1.82) is 0 Å². The lowest BCUT2D eigenvalue weighted by Crippen LogP contribution is -2.51. The number of para-hydroxylation sites is 2. The molecule has 4 rings (SSSR count).